The van der Waals surface area contributed by atoms with Crippen LogP contribution < -0.4 is 5.32 Å². The van der Waals surface area contributed by atoms with E-state index in [-0.39, 0.29) is 5.91 Å². The van der Waals surface area contributed by atoms with Gasteiger partial charge in [-0.25, -0.2) is 9.67 Å². The Labute approximate surface area is 158 Å². The van der Waals surface area contributed by atoms with Crippen molar-refractivity contribution < 1.29 is 4.79 Å². The minimum absolute atomic E-state index is 0.0732. The summed E-state index contributed by atoms with van der Waals surface area (Å²) >= 11 is 0. The SMILES string of the molecule is O=C(CN1CC[C@H](c2ccccc2)C1)NCc1ccc(-n2cncn2)cc1. The van der Waals surface area contributed by atoms with Crippen molar-refractivity contribution in [3.8, 4) is 5.69 Å². The molecule has 6 nitrogen and oxygen atoms in total. The van der Waals surface area contributed by atoms with Gasteiger partial charge in [0.2, 0.25) is 5.91 Å². The number of amides is 1. The third-order valence-corrected chi connectivity index (χ3v) is 5.02. The average molecular weight is 361 g/mol. The number of nitrogens with one attached hydrogen (secondary N) is 1. The van der Waals surface area contributed by atoms with Crippen LogP contribution in [0.4, 0.5) is 0 Å². The molecular formula is C21H23N5O. The molecule has 1 atom stereocenters. The number of hydrogen-bond donors (Lipinski definition) is 1. The molecule has 1 fully saturated rings. The summed E-state index contributed by atoms with van der Waals surface area (Å²) in [5.74, 6) is 0.604. The Morgan fingerprint density at radius 1 is 1.11 bits per heavy atom. The smallest absolute Gasteiger partial charge is 0.234 e. The molecule has 2 heterocycles. The van der Waals surface area contributed by atoms with Gasteiger partial charge in [0.05, 0.1) is 12.2 Å². The first-order valence-corrected chi connectivity index (χ1v) is 9.26. The van der Waals surface area contributed by atoms with Gasteiger partial charge in [-0.05, 0) is 42.1 Å². The second-order valence-electron chi connectivity index (χ2n) is 6.91. The number of aromatic nitrogens is 3. The summed E-state index contributed by atoms with van der Waals surface area (Å²) in [6, 6.07) is 18.5. The van der Waals surface area contributed by atoms with Crippen molar-refractivity contribution in [2.45, 2.75) is 18.9 Å². The highest BCUT2D eigenvalue weighted by atomic mass is 16.2. The molecule has 0 aliphatic carbocycles. The summed E-state index contributed by atoms with van der Waals surface area (Å²) in [7, 11) is 0. The minimum atomic E-state index is 0.0732. The maximum atomic E-state index is 12.3. The number of hydrogen-bond acceptors (Lipinski definition) is 4. The normalized spacial score (nSPS) is 17.1. The van der Waals surface area contributed by atoms with E-state index in [1.54, 1.807) is 11.0 Å². The Bertz CT molecular complexity index is 861. The van der Waals surface area contributed by atoms with Gasteiger partial charge in [-0.2, -0.15) is 5.10 Å². The van der Waals surface area contributed by atoms with E-state index in [9.17, 15) is 4.79 Å². The minimum Gasteiger partial charge on any atom is -0.351 e. The molecular weight excluding hydrogens is 338 g/mol. The standard InChI is InChI=1S/C21H23N5O/c27-21(14-25-11-10-19(13-25)18-4-2-1-3-5-18)23-12-17-6-8-20(9-7-17)26-16-22-15-24-26/h1-9,15-16,19H,10-14H2,(H,23,27)/t19-/m0/s1. The lowest BCUT2D eigenvalue weighted by Crippen LogP contribution is -2.35. The first kappa shape index (κ1) is 17.4. The molecule has 0 saturated carbocycles. The van der Waals surface area contributed by atoms with Crippen molar-refractivity contribution in [2.75, 3.05) is 19.6 Å². The molecule has 2 aromatic carbocycles. The van der Waals surface area contributed by atoms with Crippen LogP contribution in [0.2, 0.25) is 0 Å². The van der Waals surface area contributed by atoms with Gasteiger partial charge in [-0.1, -0.05) is 42.5 Å². The Morgan fingerprint density at radius 3 is 2.67 bits per heavy atom. The van der Waals surface area contributed by atoms with E-state index < -0.39 is 0 Å². The van der Waals surface area contributed by atoms with Crippen LogP contribution in [-0.2, 0) is 11.3 Å². The third kappa shape index (κ3) is 4.41. The molecule has 138 valence electrons. The Balaban J connectivity index is 1.24. The Kier molecular flexibility index (Phi) is 5.25. The zero-order valence-corrected chi connectivity index (χ0v) is 15.2. The van der Waals surface area contributed by atoms with Crippen LogP contribution in [-0.4, -0.2) is 45.2 Å². The molecule has 1 aliphatic heterocycles. The first-order chi connectivity index (χ1) is 13.3. The molecule has 3 aromatic rings. The average Bonchev–Trinajstić information content (AvgIpc) is 3.40. The fourth-order valence-corrected chi connectivity index (χ4v) is 3.54. The summed E-state index contributed by atoms with van der Waals surface area (Å²) in [6.07, 6.45) is 4.28. The quantitative estimate of drug-likeness (QED) is 0.732. The fourth-order valence-electron chi connectivity index (χ4n) is 3.54. The maximum Gasteiger partial charge on any atom is 0.234 e. The van der Waals surface area contributed by atoms with Gasteiger partial charge in [-0.15, -0.1) is 0 Å². The van der Waals surface area contributed by atoms with Crippen LogP contribution in [0, 0.1) is 0 Å². The number of nitrogens with zero attached hydrogens (tertiary/aromatic N) is 4. The molecule has 0 spiro atoms. The van der Waals surface area contributed by atoms with Crippen molar-refractivity contribution in [1.29, 1.82) is 0 Å². The number of rotatable bonds is 6. The second kappa shape index (κ2) is 8.14. The number of carbonyl (C=O) groups is 1. The van der Waals surface area contributed by atoms with Crippen LogP contribution in [0.1, 0.15) is 23.5 Å². The van der Waals surface area contributed by atoms with Crippen LogP contribution in [0.15, 0.2) is 67.3 Å². The summed E-state index contributed by atoms with van der Waals surface area (Å²) in [5, 5.41) is 7.13. The van der Waals surface area contributed by atoms with Gasteiger partial charge in [0, 0.05) is 13.1 Å². The summed E-state index contributed by atoms with van der Waals surface area (Å²) in [5.41, 5.74) is 3.38. The lowest BCUT2D eigenvalue weighted by Gasteiger charge is -2.16. The third-order valence-electron chi connectivity index (χ3n) is 5.02. The van der Waals surface area contributed by atoms with Gasteiger partial charge in [0.1, 0.15) is 12.7 Å². The van der Waals surface area contributed by atoms with Gasteiger partial charge in [0.15, 0.2) is 0 Å². The highest BCUT2D eigenvalue weighted by Crippen LogP contribution is 2.26. The van der Waals surface area contributed by atoms with Crippen LogP contribution in [0.5, 0.6) is 0 Å². The van der Waals surface area contributed by atoms with E-state index in [0.29, 0.717) is 19.0 Å². The monoisotopic (exact) mass is 361 g/mol. The molecule has 1 aliphatic rings. The van der Waals surface area contributed by atoms with Crippen LogP contribution in [0.25, 0.3) is 5.69 Å². The number of likely N-dealkylation sites (tertiary alicyclic amines) is 1. The molecule has 1 amide bonds. The molecule has 6 heteroatoms. The van der Waals surface area contributed by atoms with E-state index >= 15 is 0 Å². The summed E-state index contributed by atoms with van der Waals surface area (Å²) in [4.78, 5) is 18.5. The molecule has 1 N–H and O–H groups in total. The topological polar surface area (TPSA) is 63.1 Å². The molecule has 27 heavy (non-hydrogen) atoms. The van der Waals surface area contributed by atoms with Gasteiger partial charge >= 0.3 is 0 Å². The Hall–Kier alpha value is -2.99. The van der Waals surface area contributed by atoms with E-state index in [0.717, 1.165) is 30.8 Å². The lowest BCUT2D eigenvalue weighted by atomic mass is 9.99. The maximum absolute atomic E-state index is 12.3. The summed E-state index contributed by atoms with van der Waals surface area (Å²) in [6.45, 7) is 2.91. The number of carbonyl (C=O) groups excluding carboxylic acids is 1. The van der Waals surface area contributed by atoms with E-state index in [1.807, 2.05) is 30.3 Å². The largest absolute Gasteiger partial charge is 0.351 e. The Morgan fingerprint density at radius 2 is 1.93 bits per heavy atom. The second-order valence-corrected chi connectivity index (χ2v) is 6.91. The predicted molar refractivity (Wildman–Crippen MR) is 103 cm³/mol. The zero-order chi connectivity index (χ0) is 18.5. The highest BCUT2D eigenvalue weighted by Gasteiger charge is 2.24. The number of benzene rings is 2. The molecule has 1 aromatic heterocycles. The van der Waals surface area contributed by atoms with Crippen LogP contribution in [0.3, 0.4) is 0 Å². The van der Waals surface area contributed by atoms with Gasteiger partial charge < -0.3 is 5.32 Å². The van der Waals surface area contributed by atoms with E-state index in [4.69, 9.17) is 0 Å². The van der Waals surface area contributed by atoms with Crippen molar-refractivity contribution in [2.24, 2.45) is 0 Å². The van der Waals surface area contributed by atoms with Crippen molar-refractivity contribution in [1.82, 2.24) is 25.0 Å². The lowest BCUT2D eigenvalue weighted by molar-refractivity contribution is -0.122. The molecule has 1 saturated heterocycles. The summed E-state index contributed by atoms with van der Waals surface area (Å²) < 4.78 is 1.71. The molecule has 0 unspecified atom stereocenters. The van der Waals surface area contributed by atoms with E-state index in [1.165, 1.54) is 11.9 Å². The molecule has 4 rings (SSSR count). The van der Waals surface area contributed by atoms with Crippen molar-refractivity contribution in [3.63, 3.8) is 0 Å². The fraction of sp³-hybridized carbons (Fsp3) is 0.286. The zero-order valence-electron chi connectivity index (χ0n) is 15.2. The first-order valence-electron chi connectivity index (χ1n) is 9.26. The van der Waals surface area contributed by atoms with Crippen molar-refractivity contribution in [3.05, 3.63) is 78.4 Å². The van der Waals surface area contributed by atoms with Crippen molar-refractivity contribution >= 4 is 5.91 Å². The molecule has 0 radical (unpaired) electrons. The van der Waals surface area contributed by atoms with Gasteiger partial charge in [0.25, 0.3) is 0 Å². The van der Waals surface area contributed by atoms with E-state index in [2.05, 4.69) is 44.6 Å². The van der Waals surface area contributed by atoms with Gasteiger partial charge in [-0.3, -0.25) is 9.69 Å². The predicted octanol–water partition coefficient (Wildman–Crippen LogP) is 2.37. The molecule has 0 bridgehead atoms. The van der Waals surface area contributed by atoms with Crippen LogP contribution >= 0.6 is 0 Å². The highest BCUT2D eigenvalue weighted by molar-refractivity contribution is 5.78.